The van der Waals surface area contributed by atoms with E-state index in [0.29, 0.717) is 0 Å². The highest BCUT2D eigenvalue weighted by molar-refractivity contribution is 14.1. The number of amides is 1. The molecule has 112 valence electrons. The van der Waals surface area contributed by atoms with Gasteiger partial charge in [0.25, 0.3) is 5.91 Å². The molecule has 0 spiro atoms. The first-order valence-electron chi connectivity index (χ1n) is 6.25. The normalized spacial score (nSPS) is 10.9. The number of nitrogens with one attached hydrogen (secondary N) is 1. The Labute approximate surface area is 136 Å². The van der Waals surface area contributed by atoms with Crippen molar-refractivity contribution in [2.75, 3.05) is 31.6 Å². The third kappa shape index (κ3) is 5.71. The molecule has 3 N–H and O–H groups in total. The first-order valence-corrected chi connectivity index (χ1v) is 7.33. The molecular weight excluding hydrogens is 385 g/mol. The minimum absolute atomic E-state index is 0.0714. The van der Waals surface area contributed by atoms with Crippen LogP contribution in [0.2, 0.25) is 0 Å². The van der Waals surface area contributed by atoms with Gasteiger partial charge in [0.05, 0.1) is 13.2 Å². The Bertz CT molecular complexity index is 531. The van der Waals surface area contributed by atoms with Gasteiger partial charge in [-0.3, -0.25) is 4.79 Å². The first-order chi connectivity index (χ1) is 10.1. The molecule has 0 aromatic heterocycles. The topological polar surface area (TPSA) is 96.6 Å². The number of aliphatic hydroxyl groups excluding tert-OH is 2. The number of carbonyl (C=O) groups is 1. The fourth-order valence-electron chi connectivity index (χ4n) is 1.57. The highest BCUT2D eigenvalue weighted by atomic mass is 127. The van der Waals surface area contributed by atoms with Gasteiger partial charge >= 0.3 is 0 Å². The summed E-state index contributed by atoms with van der Waals surface area (Å²) in [7, 11) is 0. The third-order valence-electron chi connectivity index (χ3n) is 2.61. The number of carbonyl (C=O) groups excluding carboxylic acids is 1. The molecule has 0 aliphatic rings. The molecule has 21 heavy (non-hydrogen) atoms. The predicted octanol–water partition coefficient (Wildman–Crippen LogP) is 0.924. The van der Waals surface area contributed by atoms with Crippen molar-refractivity contribution in [1.82, 2.24) is 4.90 Å². The van der Waals surface area contributed by atoms with Crippen molar-refractivity contribution in [3.63, 3.8) is 0 Å². The molecule has 0 saturated heterocycles. The zero-order valence-corrected chi connectivity index (χ0v) is 13.4. The van der Waals surface area contributed by atoms with E-state index in [0.717, 1.165) is 9.26 Å². The van der Waals surface area contributed by atoms with Gasteiger partial charge in [0.15, 0.2) is 0 Å². The van der Waals surface area contributed by atoms with Crippen molar-refractivity contribution < 1.29 is 15.0 Å². The van der Waals surface area contributed by atoms with Crippen LogP contribution in [-0.4, -0.2) is 47.3 Å². The molecule has 1 aromatic rings. The van der Waals surface area contributed by atoms with Gasteiger partial charge < -0.3 is 20.4 Å². The Morgan fingerprint density at radius 2 is 1.86 bits per heavy atom. The van der Waals surface area contributed by atoms with Crippen molar-refractivity contribution in [3.05, 3.63) is 39.6 Å². The van der Waals surface area contributed by atoms with Gasteiger partial charge in [-0.25, -0.2) is 0 Å². The van der Waals surface area contributed by atoms with Gasteiger partial charge in [-0.2, -0.15) is 5.26 Å². The van der Waals surface area contributed by atoms with Crippen LogP contribution in [0, 0.1) is 14.9 Å². The molecule has 0 radical (unpaired) electrons. The van der Waals surface area contributed by atoms with Crippen LogP contribution < -0.4 is 5.32 Å². The summed E-state index contributed by atoms with van der Waals surface area (Å²) in [6, 6.07) is 9.28. The Kier molecular flexibility index (Phi) is 7.74. The van der Waals surface area contributed by atoms with Crippen LogP contribution in [-0.2, 0) is 4.79 Å². The van der Waals surface area contributed by atoms with E-state index in [4.69, 9.17) is 15.5 Å². The third-order valence-corrected chi connectivity index (χ3v) is 3.32. The van der Waals surface area contributed by atoms with Crippen LogP contribution in [0.15, 0.2) is 36.0 Å². The van der Waals surface area contributed by atoms with Gasteiger partial charge in [-0.15, -0.1) is 0 Å². The van der Waals surface area contributed by atoms with Crippen LogP contribution in [0.1, 0.15) is 0 Å². The van der Waals surface area contributed by atoms with Gasteiger partial charge in [-0.1, -0.05) is 0 Å². The van der Waals surface area contributed by atoms with E-state index in [9.17, 15) is 4.79 Å². The van der Waals surface area contributed by atoms with Crippen molar-refractivity contribution in [2.24, 2.45) is 0 Å². The fraction of sp³-hybridized carbons (Fsp3) is 0.286. The molecule has 0 unspecified atom stereocenters. The van der Waals surface area contributed by atoms with Crippen LogP contribution in [0.4, 0.5) is 5.69 Å². The van der Waals surface area contributed by atoms with E-state index in [2.05, 4.69) is 27.9 Å². The molecule has 1 aromatic carbocycles. The number of benzene rings is 1. The number of halogens is 1. The molecule has 0 aliphatic carbocycles. The van der Waals surface area contributed by atoms with E-state index < -0.39 is 5.91 Å². The van der Waals surface area contributed by atoms with E-state index in [1.165, 1.54) is 11.1 Å². The summed E-state index contributed by atoms with van der Waals surface area (Å²) in [6.07, 6.45) is 1.33. The molecule has 7 heteroatoms. The van der Waals surface area contributed by atoms with Crippen molar-refractivity contribution >= 4 is 34.2 Å². The lowest BCUT2D eigenvalue weighted by atomic mass is 10.2. The Hall–Kier alpha value is -1.63. The molecule has 0 heterocycles. The molecule has 0 saturated carbocycles. The number of anilines is 1. The fourth-order valence-corrected chi connectivity index (χ4v) is 1.93. The van der Waals surface area contributed by atoms with E-state index in [1.54, 1.807) is 0 Å². The zero-order chi connectivity index (χ0) is 15.7. The summed E-state index contributed by atoms with van der Waals surface area (Å²) in [5, 5.41) is 29.8. The molecule has 1 amide bonds. The smallest absolute Gasteiger partial charge is 0.266 e. The lowest BCUT2D eigenvalue weighted by Gasteiger charge is -2.20. The number of hydrogen-bond acceptors (Lipinski definition) is 5. The maximum absolute atomic E-state index is 12.1. The van der Waals surface area contributed by atoms with E-state index >= 15 is 0 Å². The zero-order valence-electron chi connectivity index (χ0n) is 11.3. The quantitative estimate of drug-likeness (QED) is 0.359. The average Bonchev–Trinajstić information content (AvgIpc) is 2.49. The summed E-state index contributed by atoms with van der Waals surface area (Å²) in [5.41, 5.74) is 0.669. The maximum atomic E-state index is 12.1. The van der Waals surface area contributed by atoms with Gasteiger partial charge in [0.1, 0.15) is 11.6 Å². The summed E-state index contributed by atoms with van der Waals surface area (Å²) >= 11 is 2.18. The molecule has 0 aliphatic heterocycles. The number of nitrogens with zero attached hydrogens (tertiary/aromatic N) is 2. The summed E-state index contributed by atoms with van der Waals surface area (Å²) in [5.74, 6) is -0.529. The van der Waals surface area contributed by atoms with Crippen molar-refractivity contribution in [3.8, 4) is 6.07 Å². The first kappa shape index (κ1) is 17.4. The van der Waals surface area contributed by atoms with Gasteiger partial charge in [-0.05, 0) is 46.9 Å². The lowest BCUT2D eigenvalue weighted by molar-refractivity contribution is -0.127. The number of hydrogen-bond donors (Lipinski definition) is 3. The molecule has 6 nitrogen and oxygen atoms in total. The lowest BCUT2D eigenvalue weighted by Crippen LogP contribution is -2.36. The van der Waals surface area contributed by atoms with Gasteiger partial charge in [0.2, 0.25) is 0 Å². The highest BCUT2D eigenvalue weighted by Gasteiger charge is 2.17. The van der Waals surface area contributed by atoms with E-state index in [-0.39, 0.29) is 31.9 Å². The molecular formula is C14H16IN3O3. The number of rotatable bonds is 7. The van der Waals surface area contributed by atoms with E-state index in [1.807, 2.05) is 30.3 Å². The SMILES string of the molecule is N#C/C(=C/Nc1ccc(I)cc1)C(=O)N(CCO)CCO. The summed E-state index contributed by atoms with van der Waals surface area (Å²) < 4.78 is 1.08. The summed E-state index contributed by atoms with van der Waals surface area (Å²) in [4.78, 5) is 13.3. The molecule has 0 atom stereocenters. The molecule has 1 rings (SSSR count). The monoisotopic (exact) mass is 401 g/mol. The minimum Gasteiger partial charge on any atom is -0.395 e. The second-order valence-electron chi connectivity index (χ2n) is 4.06. The molecule has 0 fully saturated rings. The largest absolute Gasteiger partial charge is 0.395 e. The van der Waals surface area contributed by atoms with Crippen molar-refractivity contribution in [2.45, 2.75) is 0 Å². The minimum atomic E-state index is -0.529. The Morgan fingerprint density at radius 1 is 1.29 bits per heavy atom. The van der Waals surface area contributed by atoms with Crippen LogP contribution in [0.3, 0.4) is 0 Å². The predicted molar refractivity (Wildman–Crippen MR) is 87.2 cm³/mol. The Morgan fingerprint density at radius 3 is 2.33 bits per heavy atom. The van der Waals surface area contributed by atoms with Gasteiger partial charge in [0, 0.05) is 28.5 Å². The number of nitriles is 1. The maximum Gasteiger partial charge on any atom is 0.266 e. The van der Waals surface area contributed by atoms with Crippen molar-refractivity contribution in [1.29, 1.82) is 5.26 Å². The standard InChI is InChI=1S/C14H16IN3O3/c15-12-1-3-13(4-2-12)17-10-11(9-16)14(21)18(5-7-19)6-8-20/h1-4,10,17,19-20H,5-8H2/b11-10-. The summed E-state index contributed by atoms with van der Waals surface area (Å²) in [6.45, 7) is -0.312. The van der Waals surface area contributed by atoms with Crippen LogP contribution >= 0.6 is 22.6 Å². The second kappa shape index (κ2) is 9.33. The van der Waals surface area contributed by atoms with Crippen LogP contribution in [0.5, 0.6) is 0 Å². The second-order valence-corrected chi connectivity index (χ2v) is 5.31. The highest BCUT2D eigenvalue weighted by Crippen LogP contribution is 2.12. The number of aliphatic hydroxyl groups is 2. The Balaban J connectivity index is 2.80. The average molecular weight is 401 g/mol. The molecule has 0 bridgehead atoms. The van der Waals surface area contributed by atoms with Crippen LogP contribution in [0.25, 0.3) is 0 Å².